The Morgan fingerprint density at radius 3 is 2.75 bits per heavy atom. The fourth-order valence-electron chi connectivity index (χ4n) is 2.42. The molecule has 1 aromatic carbocycles. The molecule has 2 rings (SSSR count). The first-order valence-corrected chi connectivity index (χ1v) is 12.3. The smallest absolute Gasteiger partial charge is 0.250 e. The van der Waals surface area contributed by atoms with Crippen LogP contribution < -0.4 is 9.62 Å². The molecule has 2 aromatic rings. The summed E-state index contributed by atoms with van der Waals surface area (Å²) in [5.74, 6) is 0.192. The predicted octanol–water partition coefficient (Wildman–Crippen LogP) is 3.96. The molecule has 0 aliphatic rings. The van der Waals surface area contributed by atoms with Crippen molar-refractivity contribution in [2.24, 2.45) is 0 Å². The van der Waals surface area contributed by atoms with Gasteiger partial charge in [-0.05, 0) is 31.0 Å². The van der Waals surface area contributed by atoms with Crippen LogP contribution >= 0.6 is 34.7 Å². The summed E-state index contributed by atoms with van der Waals surface area (Å²) in [6.07, 6.45) is 3.07. The Morgan fingerprint density at radius 1 is 1.46 bits per heavy atom. The fourth-order valence-corrected chi connectivity index (χ4v) is 5.31. The van der Waals surface area contributed by atoms with Crippen LogP contribution in [0.2, 0.25) is 5.02 Å². The maximum Gasteiger partial charge on any atom is 0.250 e. The van der Waals surface area contributed by atoms with E-state index in [0.717, 1.165) is 16.1 Å². The summed E-state index contributed by atoms with van der Waals surface area (Å²) in [6, 6.07) is 3.94. The molecule has 1 heterocycles. The molecule has 0 radical (unpaired) electrons. The maximum absolute atomic E-state index is 12.8. The number of halogens is 1. The van der Waals surface area contributed by atoms with Crippen LogP contribution in [0.1, 0.15) is 18.9 Å². The zero-order valence-electron chi connectivity index (χ0n) is 15.7. The van der Waals surface area contributed by atoms with E-state index in [4.69, 9.17) is 11.6 Å². The number of sulfonamides is 1. The van der Waals surface area contributed by atoms with Crippen LogP contribution in [-0.4, -0.2) is 42.6 Å². The molecule has 1 N–H and O–H groups in total. The van der Waals surface area contributed by atoms with Crippen LogP contribution in [0.4, 0.5) is 10.8 Å². The molecule has 0 saturated heterocycles. The second kappa shape index (κ2) is 9.73. The third kappa shape index (κ3) is 5.69. The van der Waals surface area contributed by atoms with E-state index in [-0.39, 0.29) is 6.42 Å². The molecule has 0 saturated carbocycles. The Morgan fingerprint density at radius 2 is 2.18 bits per heavy atom. The summed E-state index contributed by atoms with van der Waals surface area (Å²) in [7, 11) is -3.74. The van der Waals surface area contributed by atoms with Crippen molar-refractivity contribution in [2.75, 3.05) is 21.6 Å². The van der Waals surface area contributed by atoms with E-state index in [1.165, 1.54) is 23.1 Å². The summed E-state index contributed by atoms with van der Waals surface area (Å²) in [5.41, 5.74) is 1.15. The SMILES string of the molecule is C=CCSc1nnc(NC(=O)[C@H](CC)N(c2ccc(C)c(Cl)c2)S(C)(=O)=O)s1. The van der Waals surface area contributed by atoms with Crippen LogP contribution in [0.15, 0.2) is 35.2 Å². The lowest BCUT2D eigenvalue weighted by molar-refractivity contribution is -0.117. The van der Waals surface area contributed by atoms with Crippen molar-refractivity contribution < 1.29 is 13.2 Å². The van der Waals surface area contributed by atoms with Gasteiger partial charge in [0.15, 0.2) is 4.34 Å². The topological polar surface area (TPSA) is 92.3 Å². The molecule has 1 atom stereocenters. The van der Waals surface area contributed by atoms with Crippen molar-refractivity contribution in [3.63, 3.8) is 0 Å². The van der Waals surface area contributed by atoms with Crippen LogP contribution in [0.3, 0.4) is 0 Å². The molecule has 28 heavy (non-hydrogen) atoms. The van der Waals surface area contributed by atoms with E-state index >= 15 is 0 Å². The molecule has 0 bridgehead atoms. The Kier molecular flexibility index (Phi) is 7.87. The molecule has 11 heteroatoms. The molecule has 0 fully saturated rings. The number of thioether (sulfide) groups is 1. The Balaban J connectivity index is 2.29. The number of aromatic nitrogens is 2. The van der Waals surface area contributed by atoms with Crippen molar-refractivity contribution >= 4 is 61.4 Å². The van der Waals surface area contributed by atoms with Gasteiger partial charge in [-0.3, -0.25) is 14.4 Å². The van der Waals surface area contributed by atoms with Gasteiger partial charge in [0.1, 0.15) is 6.04 Å². The molecule has 0 aliphatic heterocycles. The minimum atomic E-state index is -3.74. The lowest BCUT2D eigenvalue weighted by atomic mass is 10.1. The minimum absolute atomic E-state index is 0.265. The average molecular weight is 461 g/mol. The van der Waals surface area contributed by atoms with Crippen molar-refractivity contribution in [2.45, 2.75) is 30.6 Å². The highest BCUT2D eigenvalue weighted by Crippen LogP contribution is 2.29. The monoisotopic (exact) mass is 460 g/mol. The van der Waals surface area contributed by atoms with Gasteiger partial charge in [0, 0.05) is 10.8 Å². The van der Waals surface area contributed by atoms with Crippen molar-refractivity contribution in [1.82, 2.24) is 10.2 Å². The maximum atomic E-state index is 12.8. The second-order valence-corrected chi connectivity index (χ2v) is 10.4. The summed E-state index contributed by atoms with van der Waals surface area (Å²) in [6.45, 7) is 7.20. The van der Waals surface area contributed by atoms with E-state index in [2.05, 4.69) is 22.1 Å². The highest BCUT2D eigenvalue weighted by molar-refractivity contribution is 8.01. The fraction of sp³-hybridized carbons (Fsp3) is 0.353. The molecule has 7 nitrogen and oxygen atoms in total. The number of hydrogen-bond donors (Lipinski definition) is 1. The number of anilines is 2. The summed E-state index contributed by atoms with van der Waals surface area (Å²) in [5, 5.41) is 11.3. The van der Waals surface area contributed by atoms with E-state index in [9.17, 15) is 13.2 Å². The molecule has 0 aliphatic carbocycles. The Hall–Kier alpha value is -1.62. The first-order chi connectivity index (χ1) is 13.2. The van der Waals surface area contributed by atoms with Crippen molar-refractivity contribution in [3.05, 3.63) is 41.4 Å². The van der Waals surface area contributed by atoms with Gasteiger partial charge in [0.05, 0.1) is 11.9 Å². The summed E-state index contributed by atoms with van der Waals surface area (Å²) < 4.78 is 26.7. The third-order valence-electron chi connectivity index (χ3n) is 3.70. The number of carbonyl (C=O) groups is 1. The number of amides is 1. The summed E-state index contributed by atoms with van der Waals surface area (Å²) in [4.78, 5) is 12.8. The number of carbonyl (C=O) groups excluding carboxylic acids is 1. The number of aryl methyl sites for hydroxylation is 1. The minimum Gasteiger partial charge on any atom is -0.299 e. The zero-order chi connectivity index (χ0) is 20.9. The average Bonchev–Trinajstić information content (AvgIpc) is 3.06. The zero-order valence-corrected chi connectivity index (χ0v) is 18.9. The van der Waals surface area contributed by atoms with Crippen LogP contribution in [0, 0.1) is 6.92 Å². The first kappa shape index (κ1) is 22.7. The largest absolute Gasteiger partial charge is 0.299 e. The lowest BCUT2D eigenvalue weighted by Crippen LogP contribution is -2.47. The highest BCUT2D eigenvalue weighted by atomic mass is 35.5. The first-order valence-electron chi connectivity index (χ1n) is 8.31. The predicted molar refractivity (Wildman–Crippen MR) is 117 cm³/mol. The quantitative estimate of drug-likeness (QED) is 0.346. The molecule has 0 spiro atoms. The lowest BCUT2D eigenvalue weighted by Gasteiger charge is -2.30. The van der Waals surface area contributed by atoms with Crippen LogP contribution in [0.5, 0.6) is 0 Å². The standard InChI is InChI=1S/C17H21ClN4O3S3/c1-5-9-26-17-21-20-16(27-17)19-15(23)14(6-2)22(28(4,24)25)12-8-7-11(3)13(18)10-12/h5,7-8,10,14H,1,6,9H2,2-4H3,(H,19,20,23)/t14-/m0/s1. The van der Waals surface area contributed by atoms with Gasteiger partial charge in [-0.2, -0.15) is 0 Å². The molecule has 1 aromatic heterocycles. The van der Waals surface area contributed by atoms with E-state index < -0.39 is 22.0 Å². The second-order valence-electron chi connectivity index (χ2n) is 5.88. The molecule has 0 unspecified atom stereocenters. The molecular weight excluding hydrogens is 440 g/mol. The number of rotatable bonds is 9. The third-order valence-corrected chi connectivity index (χ3v) is 7.26. The normalized spacial score (nSPS) is 12.4. The van der Waals surface area contributed by atoms with Gasteiger partial charge in [0.2, 0.25) is 21.1 Å². The number of nitrogens with zero attached hydrogens (tertiary/aromatic N) is 3. The van der Waals surface area contributed by atoms with Crippen molar-refractivity contribution in [3.8, 4) is 0 Å². The van der Waals surface area contributed by atoms with Gasteiger partial charge in [0.25, 0.3) is 0 Å². The van der Waals surface area contributed by atoms with Gasteiger partial charge >= 0.3 is 0 Å². The summed E-state index contributed by atoms with van der Waals surface area (Å²) >= 11 is 8.83. The number of nitrogens with one attached hydrogen (secondary N) is 1. The highest BCUT2D eigenvalue weighted by Gasteiger charge is 2.32. The molecule has 152 valence electrons. The van der Waals surface area contributed by atoms with Gasteiger partial charge in [-0.15, -0.1) is 16.8 Å². The van der Waals surface area contributed by atoms with Gasteiger partial charge in [-0.25, -0.2) is 8.42 Å². The van der Waals surface area contributed by atoms with E-state index in [1.54, 1.807) is 31.2 Å². The van der Waals surface area contributed by atoms with Gasteiger partial charge < -0.3 is 0 Å². The van der Waals surface area contributed by atoms with E-state index in [0.29, 0.717) is 25.9 Å². The Bertz CT molecular complexity index is 962. The number of hydrogen-bond acceptors (Lipinski definition) is 7. The van der Waals surface area contributed by atoms with Crippen molar-refractivity contribution in [1.29, 1.82) is 0 Å². The molecular formula is C17H21ClN4O3S3. The van der Waals surface area contributed by atoms with Gasteiger partial charge in [-0.1, -0.05) is 53.8 Å². The number of benzene rings is 1. The van der Waals surface area contributed by atoms with E-state index in [1.807, 2.05) is 6.92 Å². The van der Waals surface area contributed by atoms with Crippen LogP contribution in [0.25, 0.3) is 0 Å². The Labute approximate surface area is 178 Å². The van der Waals surface area contributed by atoms with Crippen LogP contribution in [-0.2, 0) is 14.8 Å². The molecule has 1 amide bonds.